The van der Waals surface area contributed by atoms with Gasteiger partial charge in [0.05, 0.1) is 16.4 Å². The number of carbonyl (C=O) groups is 3. The lowest BCUT2D eigenvalue weighted by Crippen LogP contribution is -2.42. The lowest BCUT2D eigenvalue weighted by molar-refractivity contribution is -0.133. The third-order valence-electron chi connectivity index (χ3n) is 4.15. The topological polar surface area (TPSA) is 91.4 Å². The minimum atomic E-state index is -1.31. The van der Waals surface area contributed by atoms with E-state index in [1.54, 1.807) is 43.3 Å². The van der Waals surface area contributed by atoms with Crippen molar-refractivity contribution in [1.82, 2.24) is 15.2 Å². The van der Waals surface area contributed by atoms with Crippen molar-refractivity contribution in [3.8, 4) is 0 Å². The van der Waals surface area contributed by atoms with E-state index in [-0.39, 0.29) is 0 Å². The zero-order valence-electron chi connectivity index (χ0n) is 14.2. The molecule has 3 rings (SSSR count). The summed E-state index contributed by atoms with van der Waals surface area (Å²) in [7, 11) is 0. The maximum absolute atomic E-state index is 12.7. The normalized spacial score (nSPS) is 19.4. The molecule has 0 saturated carbocycles. The summed E-state index contributed by atoms with van der Waals surface area (Å²) in [5.41, 5.74) is 0.470. The number of imide groups is 1. The molecule has 1 aromatic heterocycles. The number of hydrogen-bond donors (Lipinski definition) is 2. The Kier molecular flexibility index (Phi) is 4.65. The number of halogens is 1. The number of urea groups is 1. The molecule has 1 aromatic carbocycles. The number of aryl methyl sites for hydroxylation is 1. The molecule has 1 aliphatic rings. The van der Waals surface area contributed by atoms with Crippen LogP contribution in [0.1, 0.15) is 18.2 Å². The summed E-state index contributed by atoms with van der Waals surface area (Å²) < 4.78 is 0. The Morgan fingerprint density at radius 3 is 2.73 bits per heavy atom. The summed E-state index contributed by atoms with van der Waals surface area (Å²) in [4.78, 5) is 42.3. The fourth-order valence-corrected chi connectivity index (χ4v) is 3.01. The molecule has 0 aliphatic carbocycles. The molecule has 7 nitrogen and oxygen atoms in total. The van der Waals surface area contributed by atoms with Gasteiger partial charge in [0, 0.05) is 6.20 Å². The van der Waals surface area contributed by atoms with Crippen LogP contribution in [0.2, 0.25) is 5.02 Å². The second kappa shape index (κ2) is 6.76. The van der Waals surface area contributed by atoms with Crippen molar-refractivity contribution >= 4 is 35.1 Å². The Morgan fingerprint density at radius 2 is 2.08 bits per heavy atom. The Bertz CT molecular complexity index is 887. The molecule has 134 valence electrons. The van der Waals surface area contributed by atoms with Gasteiger partial charge in [-0.25, -0.2) is 4.79 Å². The zero-order chi connectivity index (χ0) is 18.9. The van der Waals surface area contributed by atoms with Crippen molar-refractivity contribution < 1.29 is 14.4 Å². The number of nitrogens with zero attached hydrogens (tertiary/aromatic N) is 2. The molecule has 2 heterocycles. The van der Waals surface area contributed by atoms with E-state index in [0.29, 0.717) is 16.4 Å². The highest BCUT2D eigenvalue weighted by Gasteiger charge is 2.50. The van der Waals surface area contributed by atoms with Crippen molar-refractivity contribution in [2.75, 3.05) is 11.9 Å². The van der Waals surface area contributed by atoms with Crippen molar-refractivity contribution in [1.29, 1.82) is 0 Å². The van der Waals surface area contributed by atoms with Gasteiger partial charge >= 0.3 is 6.03 Å². The monoisotopic (exact) mass is 372 g/mol. The second-order valence-corrected chi connectivity index (χ2v) is 6.60. The molecule has 4 amide bonds. The Labute approximate surface area is 155 Å². The molecule has 26 heavy (non-hydrogen) atoms. The molecule has 1 aliphatic heterocycles. The third-order valence-corrected chi connectivity index (χ3v) is 4.47. The van der Waals surface area contributed by atoms with Crippen LogP contribution in [0.4, 0.5) is 10.5 Å². The van der Waals surface area contributed by atoms with Crippen LogP contribution in [0.15, 0.2) is 42.6 Å². The SMILES string of the molecule is Cc1ccc(NC(=O)CN2C(=O)NC(C)(c3ccccn3)C2=O)c(Cl)c1. The van der Waals surface area contributed by atoms with E-state index in [0.717, 1.165) is 10.5 Å². The summed E-state index contributed by atoms with van der Waals surface area (Å²) in [6.45, 7) is 3.02. The molecular formula is C18H17ClN4O3. The number of nitrogens with one attached hydrogen (secondary N) is 2. The summed E-state index contributed by atoms with van der Waals surface area (Å²) in [6.07, 6.45) is 1.54. The highest BCUT2D eigenvalue weighted by atomic mass is 35.5. The average molecular weight is 373 g/mol. The van der Waals surface area contributed by atoms with Crippen LogP contribution in [-0.2, 0) is 15.1 Å². The fraction of sp³-hybridized carbons (Fsp3) is 0.222. The molecule has 1 atom stereocenters. The smallest absolute Gasteiger partial charge is 0.323 e. The lowest BCUT2D eigenvalue weighted by Gasteiger charge is -2.20. The van der Waals surface area contributed by atoms with Gasteiger partial charge in [-0.3, -0.25) is 19.5 Å². The summed E-state index contributed by atoms with van der Waals surface area (Å²) in [6, 6.07) is 9.61. The first kappa shape index (κ1) is 17.9. The van der Waals surface area contributed by atoms with Gasteiger partial charge in [-0.15, -0.1) is 0 Å². The number of carbonyl (C=O) groups excluding carboxylic acids is 3. The van der Waals surface area contributed by atoms with Gasteiger partial charge in [0.25, 0.3) is 5.91 Å². The summed E-state index contributed by atoms with van der Waals surface area (Å²) >= 11 is 6.09. The maximum atomic E-state index is 12.7. The van der Waals surface area contributed by atoms with Crippen molar-refractivity contribution in [3.63, 3.8) is 0 Å². The van der Waals surface area contributed by atoms with Gasteiger partial charge in [0.15, 0.2) is 5.54 Å². The van der Waals surface area contributed by atoms with Gasteiger partial charge in [-0.05, 0) is 43.7 Å². The first-order valence-electron chi connectivity index (χ1n) is 7.93. The standard InChI is InChI=1S/C18H17ClN4O3/c1-11-6-7-13(12(19)9-11)21-15(24)10-23-16(25)18(2,22-17(23)26)14-5-3-4-8-20-14/h3-9H,10H2,1-2H3,(H,21,24)(H,22,26). The Balaban J connectivity index is 1.74. The van der Waals surface area contributed by atoms with Crippen molar-refractivity contribution in [3.05, 3.63) is 58.9 Å². The van der Waals surface area contributed by atoms with E-state index in [9.17, 15) is 14.4 Å². The van der Waals surface area contributed by atoms with Crippen LogP contribution < -0.4 is 10.6 Å². The van der Waals surface area contributed by atoms with E-state index in [4.69, 9.17) is 11.6 Å². The predicted molar refractivity (Wildman–Crippen MR) is 96.7 cm³/mol. The van der Waals surface area contributed by atoms with Gasteiger partial charge in [0.1, 0.15) is 6.54 Å². The second-order valence-electron chi connectivity index (χ2n) is 6.19. The summed E-state index contributed by atoms with van der Waals surface area (Å²) in [5, 5.41) is 5.60. The molecule has 8 heteroatoms. The Hall–Kier alpha value is -2.93. The number of amides is 4. The zero-order valence-corrected chi connectivity index (χ0v) is 15.0. The van der Waals surface area contributed by atoms with Crippen LogP contribution in [0.3, 0.4) is 0 Å². The third kappa shape index (κ3) is 3.25. The van der Waals surface area contributed by atoms with E-state index in [1.165, 1.54) is 6.20 Å². The molecule has 1 unspecified atom stereocenters. The molecule has 0 bridgehead atoms. The van der Waals surface area contributed by atoms with Gasteiger partial charge in [-0.2, -0.15) is 0 Å². The van der Waals surface area contributed by atoms with Crippen molar-refractivity contribution in [2.45, 2.75) is 19.4 Å². The number of anilines is 1. The average Bonchev–Trinajstić information content (AvgIpc) is 2.82. The summed E-state index contributed by atoms with van der Waals surface area (Å²) in [5.74, 6) is -1.06. The van der Waals surface area contributed by atoms with Crippen molar-refractivity contribution in [2.24, 2.45) is 0 Å². The quantitative estimate of drug-likeness (QED) is 0.806. The number of pyridine rings is 1. The van der Waals surface area contributed by atoms with Crippen LogP contribution >= 0.6 is 11.6 Å². The first-order valence-corrected chi connectivity index (χ1v) is 8.30. The highest BCUT2D eigenvalue weighted by molar-refractivity contribution is 6.33. The molecule has 1 saturated heterocycles. The van der Waals surface area contributed by atoms with Crippen LogP contribution in [0, 0.1) is 6.92 Å². The fourth-order valence-electron chi connectivity index (χ4n) is 2.73. The van der Waals surface area contributed by atoms with Crippen LogP contribution in [0.5, 0.6) is 0 Å². The van der Waals surface area contributed by atoms with E-state index in [1.807, 2.05) is 6.92 Å². The molecule has 2 aromatic rings. The minimum absolute atomic E-state index is 0.383. The molecule has 0 radical (unpaired) electrons. The molecule has 1 fully saturated rings. The largest absolute Gasteiger partial charge is 0.325 e. The van der Waals surface area contributed by atoms with Crippen LogP contribution in [-0.4, -0.2) is 34.3 Å². The van der Waals surface area contributed by atoms with E-state index >= 15 is 0 Å². The van der Waals surface area contributed by atoms with E-state index in [2.05, 4.69) is 15.6 Å². The van der Waals surface area contributed by atoms with Crippen LogP contribution in [0.25, 0.3) is 0 Å². The lowest BCUT2D eigenvalue weighted by atomic mass is 9.97. The highest BCUT2D eigenvalue weighted by Crippen LogP contribution is 2.27. The van der Waals surface area contributed by atoms with Gasteiger partial charge in [0.2, 0.25) is 5.91 Å². The molecule has 0 spiro atoms. The Morgan fingerprint density at radius 1 is 1.31 bits per heavy atom. The number of aromatic nitrogens is 1. The minimum Gasteiger partial charge on any atom is -0.323 e. The molecule has 2 N–H and O–H groups in total. The van der Waals surface area contributed by atoms with Gasteiger partial charge < -0.3 is 10.6 Å². The number of hydrogen-bond acceptors (Lipinski definition) is 4. The van der Waals surface area contributed by atoms with E-state index < -0.39 is 29.9 Å². The predicted octanol–water partition coefficient (Wildman–Crippen LogP) is 2.45. The number of benzene rings is 1. The maximum Gasteiger partial charge on any atom is 0.325 e. The van der Waals surface area contributed by atoms with Gasteiger partial charge in [-0.1, -0.05) is 23.7 Å². The number of rotatable bonds is 4. The first-order chi connectivity index (χ1) is 12.3. The molecular weight excluding hydrogens is 356 g/mol.